The van der Waals surface area contributed by atoms with Gasteiger partial charge in [0.1, 0.15) is 4.88 Å². The first-order valence-electron chi connectivity index (χ1n) is 9.19. The Balaban J connectivity index is 1.83. The topological polar surface area (TPSA) is 54.1 Å². The van der Waals surface area contributed by atoms with Crippen LogP contribution in [-0.4, -0.2) is 37.4 Å². The molecule has 1 aromatic heterocycles. The number of thiophene rings is 1. The normalized spacial score (nSPS) is 15.4. The average Bonchev–Trinajstić information content (AvgIpc) is 3.13. The number of hydrogen-bond donors (Lipinski definition) is 1. The molecule has 0 radical (unpaired) electrons. The second-order valence-electron chi connectivity index (χ2n) is 6.84. The lowest BCUT2D eigenvalue weighted by atomic mass is 9.90. The van der Waals surface area contributed by atoms with Gasteiger partial charge >= 0.3 is 5.97 Å². The second-order valence-corrected chi connectivity index (χ2v) is 7.84. The smallest absolute Gasteiger partial charge is 0.344 e. The first-order chi connectivity index (χ1) is 13.6. The van der Waals surface area contributed by atoms with E-state index in [0.29, 0.717) is 37.6 Å². The maximum Gasteiger partial charge on any atom is 0.344 e. The number of ether oxygens (including phenoxy) is 1. The molecule has 1 N–H and O–H groups in total. The fourth-order valence-electron chi connectivity index (χ4n) is 3.72. The van der Waals surface area contributed by atoms with E-state index in [0.717, 1.165) is 21.3 Å². The molecule has 4 rings (SSSR count). The molecule has 5 nitrogen and oxygen atoms in total. The lowest BCUT2D eigenvalue weighted by Gasteiger charge is -2.28. The third-order valence-corrected chi connectivity index (χ3v) is 6.46. The van der Waals surface area contributed by atoms with Gasteiger partial charge in [-0.25, -0.2) is 9.64 Å². The molecule has 2 heterocycles. The Morgan fingerprint density at radius 2 is 1.93 bits per heavy atom. The molecule has 3 aromatic rings. The summed E-state index contributed by atoms with van der Waals surface area (Å²) in [5.41, 5.74) is 2.09. The van der Waals surface area contributed by atoms with Crippen molar-refractivity contribution < 1.29 is 14.6 Å². The molecule has 142 valence electrons. The van der Waals surface area contributed by atoms with Crippen LogP contribution in [0.2, 0.25) is 0 Å². The quantitative estimate of drug-likeness (QED) is 0.625. The molecule has 1 aliphatic rings. The van der Waals surface area contributed by atoms with Crippen molar-refractivity contribution >= 4 is 38.8 Å². The van der Waals surface area contributed by atoms with Gasteiger partial charge < -0.3 is 14.7 Å². The molecule has 0 bridgehead atoms. The van der Waals surface area contributed by atoms with E-state index in [1.807, 2.05) is 37.3 Å². The lowest BCUT2D eigenvalue weighted by molar-refractivity contribution is 0.0701. The van der Waals surface area contributed by atoms with Gasteiger partial charge in [-0.3, -0.25) is 0 Å². The SMILES string of the molecule is [C-]#[N+]c1c(N2CCOCC2)sc(C(=O)O)c1C(C)c1ccc2ccccc2c1. The van der Waals surface area contributed by atoms with Gasteiger partial charge in [0, 0.05) is 13.1 Å². The van der Waals surface area contributed by atoms with Crippen LogP contribution in [0.4, 0.5) is 10.7 Å². The molecule has 1 saturated heterocycles. The van der Waals surface area contributed by atoms with E-state index in [9.17, 15) is 9.90 Å². The van der Waals surface area contributed by atoms with Crippen molar-refractivity contribution in [3.05, 3.63) is 69.9 Å². The number of fused-ring (bicyclic) bond motifs is 1. The van der Waals surface area contributed by atoms with Crippen LogP contribution in [0, 0.1) is 6.57 Å². The predicted molar refractivity (Wildman–Crippen MR) is 112 cm³/mol. The van der Waals surface area contributed by atoms with Gasteiger partial charge in [-0.15, -0.1) is 11.3 Å². The molecule has 0 saturated carbocycles. The average molecular weight is 392 g/mol. The second kappa shape index (κ2) is 7.63. The summed E-state index contributed by atoms with van der Waals surface area (Å²) in [7, 11) is 0. The zero-order chi connectivity index (χ0) is 19.7. The van der Waals surface area contributed by atoms with Gasteiger partial charge in [-0.1, -0.05) is 49.4 Å². The van der Waals surface area contributed by atoms with Crippen molar-refractivity contribution in [1.82, 2.24) is 0 Å². The number of rotatable bonds is 4. The van der Waals surface area contributed by atoms with E-state index in [4.69, 9.17) is 11.3 Å². The van der Waals surface area contributed by atoms with Gasteiger partial charge in [0.05, 0.1) is 24.8 Å². The Hall–Kier alpha value is -2.88. The van der Waals surface area contributed by atoms with Gasteiger partial charge in [-0.2, -0.15) is 0 Å². The monoisotopic (exact) mass is 392 g/mol. The largest absolute Gasteiger partial charge is 0.477 e. The molecule has 1 atom stereocenters. The predicted octanol–water partition coefficient (Wildman–Crippen LogP) is 5.14. The molecule has 0 aliphatic carbocycles. The van der Waals surface area contributed by atoms with Gasteiger partial charge in [-0.05, 0) is 27.8 Å². The summed E-state index contributed by atoms with van der Waals surface area (Å²) in [4.78, 5) is 18.1. The van der Waals surface area contributed by atoms with E-state index in [1.165, 1.54) is 11.3 Å². The van der Waals surface area contributed by atoms with E-state index >= 15 is 0 Å². The minimum absolute atomic E-state index is 0.189. The Morgan fingerprint density at radius 1 is 1.21 bits per heavy atom. The van der Waals surface area contributed by atoms with Gasteiger partial charge in [0.2, 0.25) is 5.69 Å². The molecular weight excluding hydrogens is 372 g/mol. The number of carbonyl (C=O) groups is 1. The van der Waals surface area contributed by atoms with Crippen molar-refractivity contribution in [3.8, 4) is 0 Å². The summed E-state index contributed by atoms with van der Waals surface area (Å²) in [5, 5.41) is 12.8. The minimum Gasteiger partial charge on any atom is -0.477 e. The number of hydrogen-bond acceptors (Lipinski definition) is 4. The van der Waals surface area contributed by atoms with Crippen LogP contribution in [-0.2, 0) is 4.74 Å². The fraction of sp³-hybridized carbons (Fsp3) is 0.273. The Labute approximate surface area is 167 Å². The van der Waals surface area contributed by atoms with Gasteiger partial charge in [0.15, 0.2) is 0 Å². The molecule has 1 fully saturated rings. The van der Waals surface area contributed by atoms with E-state index in [-0.39, 0.29) is 10.8 Å². The van der Waals surface area contributed by atoms with Crippen molar-refractivity contribution in [3.63, 3.8) is 0 Å². The minimum atomic E-state index is -0.975. The Morgan fingerprint density at radius 3 is 2.61 bits per heavy atom. The van der Waals surface area contributed by atoms with Crippen LogP contribution >= 0.6 is 11.3 Å². The lowest BCUT2D eigenvalue weighted by Crippen LogP contribution is -2.35. The number of carboxylic acids is 1. The first kappa shape index (κ1) is 18.5. The molecule has 28 heavy (non-hydrogen) atoms. The highest BCUT2D eigenvalue weighted by Gasteiger charge is 2.30. The van der Waals surface area contributed by atoms with Crippen LogP contribution < -0.4 is 4.90 Å². The zero-order valence-corrected chi connectivity index (χ0v) is 16.3. The number of nitrogens with zero attached hydrogens (tertiary/aromatic N) is 2. The number of anilines is 1. The van der Waals surface area contributed by atoms with E-state index < -0.39 is 5.97 Å². The van der Waals surface area contributed by atoms with Crippen LogP contribution in [0.25, 0.3) is 15.6 Å². The third-order valence-electron chi connectivity index (χ3n) is 5.21. The summed E-state index contributed by atoms with van der Waals surface area (Å²) in [6, 6.07) is 14.3. The highest BCUT2D eigenvalue weighted by Crippen LogP contribution is 2.48. The number of benzene rings is 2. The summed E-state index contributed by atoms with van der Waals surface area (Å²) < 4.78 is 5.41. The van der Waals surface area contributed by atoms with Crippen LogP contribution in [0.1, 0.15) is 33.6 Å². The van der Waals surface area contributed by atoms with Crippen molar-refractivity contribution in [2.24, 2.45) is 0 Å². The number of morpholine rings is 1. The van der Waals surface area contributed by atoms with Crippen molar-refractivity contribution in [1.29, 1.82) is 0 Å². The summed E-state index contributed by atoms with van der Waals surface area (Å²) >= 11 is 1.21. The molecule has 0 spiro atoms. The standard InChI is InChI=1S/C22H20N2O3S/c1-14(16-8-7-15-5-3-4-6-17(15)13-16)18-19(23-2)21(28-20(18)22(25)26)24-9-11-27-12-10-24/h3-8,13-14H,9-12H2,1H3,(H,25,26). The Bertz CT molecular complexity index is 1080. The third kappa shape index (κ3) is 3.24. The zero-order valence-electron chi connectivity index (χ0n) is 15.5. The first-order valence-corrected chi connectivity index (χ1v) is 10.0. The van der Waals surface area contributed by atoms with Gasteiger partial charge in [0.25, 0.3) is 0 Å². The maximum absolute atomic E-state index is 12.0. The van der Waals surface area contributed by atoms with E-state index in [2.05, 4.69) is 21.9 Å². The maximum atomic E-state index is 12.0. The van der Waals surface area contributed by atoms with E-state index in [1.54, 1.807) is 0 Å². The molecule has 1 aliphatic heterocycles. The molecule has 0 amide bonds. The number of aromatic carboxylic acids is 1. The molecule has 1 unspecified atom stereocenters. The van der Waals surface area contributed by atoms with Crippen molar-refractivity contribution in [2.45, 2.75) is 12.8 Å². The highest BCUT2D eigenvalue weighted by atomic mass is 32.1. The molecule has 2 aromatic carbocycles. The fourth-order valence-corrected chi connectivity index (χ4v) is 4.94. The highest BCUT2D eigenvalue weighted by molar-refractivity contribution is 7.18. The summed E-state index contributed by atoms with van der Waals surface area (Å²) in [6.45, 7) is 12.3. The van der Waals surface area contributed by atoms with Crippen LogP contribution in [0.3, 0.4) is 0 Å². The number of carboxylic acid groups (broad SMARTS) is 1. The van der Waals surface area contributed by atoms with Crippen LogP contribution in [0.15, 0.2) is 42.5 Å². The van der Waals surface area contributed by atoms with Crippen LogP contribution in [0.5, 0.6) is 0 Å². The Kier molecular flexibility index (Phi) is 5.03. The summed E-state index contributed by atoms with van der Waals surface area (Å²) in [5.74, 6) is -1.16. The van der Waals surface area contributed by atoms with Crippen molar-refractivity contribution in [2.75, 3.05) is 31.2 Å². The summed E-state index contributed by atoms with van der Waals surface area (Å²) in [6.07, 6.45) is 0. The molecule has 6 heteroatoms. The molecular formula is C22H20N2O3S.